The summed E-state index contributed by atoms with van der Waals surface area (Å²) in [4.78, 5) is 4.21. The van der Waals surface area contributed by atoms with Crippen LogP contribution in [-0.2, 0) is 22.3 Å². The van der Waals surface area contributed by atoms with Gasteiger partial charge < -0.3 is 10.2 Å². The van der Waals surface area contributed by atoms with Gasteiger partial charge in [0.25, 0.3) is 0 Å². The van der Waals surface area contributed by atoms with Crippen LogP contribution in [0.3, 0.4) is 0 Å². The Kier molecular flexibility index (Phi) is 4.71. The third kappa shape index (κ3) is 4.62. The third-order valence-electron chi connectivity index (χ3n) is 2.71. The van der Waals surface area contributed by atoms with Crippen molar-refractivity contribution in [2.75, 3.05) is 0 Å². The highest BCUT2D eigenvalue weighted by Crippen LogP contribution is 2.09. The smallest absolute Gasteiger partial charge is 0.216 e. The van der Waals surface area contributed by atoms with Crippen LogP contribution in [0.2, 0.25) is 0 Å². The minimum Gasteiger partial charge on any atom is -0.445 e. The van der Waals surface area contributed by atoms with E-state index in [2.05, 4.69) is 9.71 Å². The molecule has 2 rings (SSSR count). The van der Waals surface area contributed by atoms with Crippen molar-refractivity contribution in [3.05, 3.63) is 53.2 Å². The molecular weight excluding hydrogens is 310 g/mol. The number of hydrogen-bond donors (Lipinski definition) is 2. The highest BCUT2D eigenvalue weighted by atomic mass is 32.2. The molecule has 1 heterocycles. The zero-order valence-corrected chi connectivity index (χ0v) is 13.0. The fraction of sp³-hybridized carbons (Fsp3) is 0.231. The Morgan fingerprint density at radius 3 is 2.57 bits per heavy atom. The second-order valence-electron chi connectivity index (χ2n) is 4.51. The van der Waals surface area contributed by atoms with Crippen LogP contribution in [0.4, 0.5) is 0 Å². The number of benzene rings is 1. The maximum absolute atomic E-state index is 12.0. The minimum atomic E-state index is -3.47. The summed E-state index contributed by atoms with van der Waals surface area (Å²) in [5, 5.41) is 0. The molecule has 21 heavy (non-hydrogen) atoms. The molecule has 0 saturated heterocycles. The second kappa shape index (κ2) is 6.33. The zero-order valence-electron chi connectivity index (χ0n) is 11.4. The van der Waals surface area contributed by atoms with Crippen molar-refractivity contribution >= 4 is 27.2 Å². The number of oxazole rings is 1. The number of hydrogen-bond acceptors (Lipinski definition) is 5. The van der Waals surface area contributed by atoms with Gasteiger partial charge in [-0.2, -0.15) is 0 Å². The topological polar surface area (TPSA) is 98.2 Å². The summed E-state index contributed by atoms with van der Waals surface area (Å²) in [7, 11) is -3.47. The Bertz CT molecular complexity index is 736. The van der Waals surface area contributed by atoms with Crippen LogP contribution < -0.4 is 10.5 Å². The van der Waals surface area contributed by atoms with Gasteiger partial charge in [0.05, 0.1) is 18.5 Å². The first-order valence-corrected chi connectivity index (χ1v) is 8.19. The first kappa shape index (κ1) is 15.6. The largest absolute Gasteiger partial charge is 0.445 e. The number of rotatable bonds is 6. The minimum absolute atomic E-state index is 0.0289. The molecule has 0 radical (unpaired) electrons. The zero-order chi connectivity index (χ0) is 15.5. The van der Waals surface area contributed by atoms with E-state index in [4.69, 9.17) is 22.4 Å². The summed E-state index contributed by atoms with van der Waals surface area (Å²) in [5.74, 6) is 0.835. The van der Waals surface area contributed by atoms with Crippen molar-refractivity contribution in [2.45, 2.75) is 19.2 Å². The molecule has 0 fully saturated rings. The van der Waals surface area contributed by atoms with Gasteiger partial charge >= 0.3 is 0 Å². The van der Waals surface area contributed by atoms with Crippen LogP contribution in [-0.4, -0.2) is 18.4 Å². The molecule has 0 bridgehead atoms. The van der Waals surface area contributed by atoms with Crippen molar-refractivity contribution in [3.8, 4) is 0 Å². The molecule has 0 amide bonds. The van der Waals surface area contributed by atoms with E-state index in [0.29, 0.717) is 22.8 Å². The van der Waals surface area contributed by atoms with Crippen LogP contribution in [0.1, 0.15) is 22.8 Å². The predicted octanol–water partition coefficient (Wildman–Crippen LogP) is 1.24. The lowest BCUT2D eigenvalue weighted by molar-refractivity contribution is 0.463. The fourth-order valence-corrected chi connectivity index (χ4v) is 2.90. The highest BCUT2D eigenvalue weighted by molar-refractivity contribution is 7.88. The van der Waals surface area contributed by atoms with E-state index in [9.17, 15) is 8.42 Å². The van der Waals surface area contributed by atoms with Gasteiger partial charge in [-0.15, -0.1) is 0 Å². The number of nitrogens with two attached hydrogens (primary N) is 1. The average molecular weight is 325 g/mol. The second-order valence-corrected chi connectivity index (χ2v) is 6.75. The molecule has 6 nitrogen and oxygen atoms in total. The lowest BCUT2D eigenvalue weighted by atomic mass is 10.1. The third-order valence-corrected chi connectivity index (χ3v) is 4.24. The SMILES string of the molecule is Cc1cnc(CNS(=O)(=O)Cc2ccc(C(N)=S)cc2)o1. The van der Waals surface area contributed by atoms with E-state index in [1.165, 1.54) is 6.20 Å². The molecular formula is C13H15N3O3S2. The molecule has 1 aromatic carbocycles. The Hall–Kier alpha value is -1.77. The van der Waals surface area contributed by atoms with Gasteiger partial charge in [-0.05, 0) is 12.5 Å². The first-order valence-electron chi connectivity index (χ1n) is 6.13. The summed E-state index contributed by atoms with van der Waals surface area (Å²) < 4.78 is 31.6. The molecule has 0 unspecified atom stereocenters. The maximum atomic E-state index is 12.0. The molecule has 0 aliphatic carbocycles. The van der Waals surface area contributed by atoms with Gasteiger partial charge in [-0.3, -0.25) is 0 Å². The fourth-order valence-electron chi connectivity index (χ4n) is 1.69. The number of aryl methyl sites for hydroxylation is 1. The monoisotopic (exact) mass is 325 g/mol. The van der Waals surface area contributed by atoms with Crippen molar-refractivity contribution in [1.29, 1.82) is 0 Å². The lowest BCUT2D eigenvalue weighted by Crippen LogP contribution is -2.24. The maximum Gasteiger partial charge on any atom is 0.216 e. The van der Waals surface area contributed by atoms with Gasteiger partial charge in [0.15, 0.2) is 0 Å². The molecule has 1 aromatic heterocycles. The number of sulfonamides is 1. The number of nitrogens with zero attached hydrogens (tertiary/aromatic N) is 1. The van der Waals surface area contributed by atoms with E-state index in [1.54, 1.807) is 31.2 Å². The summed E-state index contributed by atoms with van der Waals surface area (Å²) >= 11 is 4.84. The number of aromatic nitrogens is 1. The van der Waals surface area contributed by atoms with E-state index in [1.807, 2.05) is 0 Å². The molecule has 3 N–H and O–H groups in total. The van der Waals surface area contributed by atoms with Gasteiger partial charge in [0.2, 0.25) is 15.9 Å². The molecule has 2 aromatic rings. The number of thiocarbonyl (C=S) groups is 1. The molecule has 0 aliphatic rings. The highest BCUT2D eigenvalue weighted by Gasteiger charge is 2.13. The quantitative estimate of drug-likeness (QED) is 0.775. The van der Waals surface area contributed by atoms with Crippen LogP contribution in [0, 0.1) is 6.92 Å². The normalized spacial score (nSPS) is 11.5. The van der Waals surface area contributed by atoms with E-state index < -0.39 is 10.0 Å². The molecule has 0 aliphatic heterocycles. The van der Waals surface area contributed by atoms with E-state index >= 15 is 0 Å². The lowest BCUT2D eigenvalue weighted by Gasteiger charge is -2.06. The summed E-state index contributed by atoms with van der Waals surface area (Å²) in [6.07, 6.45) is 1.54. The first-order chi connectivity index (χ1) is 9.85. The van der Waals surface area contributed by atoms with Crippen LogP contribution in [0.5, 0.6) is 0 Å². The Morgan fingerprint density at radius 1 is 1.38 bits per heavy atom. The van der Waals surface area contributed by atoms with Gasteiger partial charge in [0, 0.05) is 5.56 Å². The van der Waals surface area contributed by atoms with Crippen molar-refractivity contribution in [1.82, 2.24) is 9.71 Å². The van der Waals surface area contributed by atoms with Crippen molar-refractivity contribution < 1.29 is 12.8 Å². The molecule has 8 heteroatoms. The van der Waals surface area contributed by atoms with Crippen molar-refractivity contribution in [2.24, 2.45) is 5.73 Å². The van der Waals surface area contributed by atoms with Gasteiger partial charge in [-0.25, -0.2) is 18.1 Å². The Labute approximate surface area is 128 Å². The average Bonchev–Trinajstić information content (AvgIpc) is 2.83. The number of nitrogens with one attached hydrogen (secondary N) is 1. The summed E-state index contributed by atoms with van der Waals surface area (Å²) in [6, 6.07) is 6.77. The van der Waals surface area contributed by atoms with E-state index in [0.717, 1.165) is 0 Å². The standard InChI is InChI=1S/C13H15N3O3S2/c1-9-6-15-12(19-9)7-16-21(17,18)8-10-2-4-11(5-3-10)13(14)20/h2-6,16H,7-8H2,1H3,(H2,14,20). The summed E-state index contributed by atoms with van der Waals surface area (Å²) in [6.45, 7) is 1.77. The molecule has 112 valence electrons. The van der Waals surface area contributed by atoms with E-state index in [-0.39, 0.29) is 17.3 Å². The van der Waals surface area contributed by atoms with Gasteiger partial charge in [-0.1, -0.05) is 36.5 Å². The molecule has 0 spiro atoms. The summed E-state index contributed by atoms with van der Waals surface area (Å²) in [5.41, 5.74) is 6.84. The van der Waals surface area contributed by atoms with Gasteiger partial charge in [0.1, 0.15) is 10.7 Å². The Morgan fingerprint density at radius 2 is 2.05 bits per heavy atom. The predicted molar refractivity (Wildman–Crippen MR) is 83.0 cm³/mol. The van der Waals surface area contributed by atoms with Crippen molar-refractivity contribution in [3.63, 3.8) is 0 Å². The Balaban J connectivity index is 1.98. The van der Waals surface area contributed by atoms with Crippen LogP contribution in [0.25, 0.3) is 0 Å². The molecule has 0 atom stereocenters. The van der Waals surface area contributed by atoms with Crippen LogP contribution in [0.15, 0.2) is 34.9 Å². The molecule has 0 saturated carbocycles. The van der Waals surface area contributed by atoms with Crippen LogP contribution >= 0.6 is 12.2 Å².